The zero-order valence-electron chi connectivity index (χ0n) is 18.0. The third-order valence-corrected chi connectivity index (χ3v) is 6.95. The van der Waals surface area contributed by atoms with Crippen LogP contribution in [0.15, 0.2) is 41.5 Å². The smallest absolute Gasteiger partial charge is 0.260 e. The van der Waals surface area contributed by atoms with E-state index >= 15 is 0 Å². The number of aliphatic hydroxyl groups is 1. The molecule has 3 aliphatic rings. The zero-order chi connectivity index (χ0) is 22.5. The molecular weight excluding hydrogens is 431 g/mol. The van der Waals surface area contributed by atoms with Crippen molar-refractivity contribution in [2.45, 2.75) is 32.1 Å². The first-order valence-electron chi connectivity index (χ1n) is 10.6. The first-order chi connectivity index (χ1) is 15.3. The molecular formula is C24H25FN2O4S. The lowest BCUT2D eigenvalue weighted by molar-refractivity contribution is -0.111. The summed E-state index contributed by atoms with van der Waals surface area (Å²) in [4.78, 5) is 16.1. The van der Waals surface area contributed by atoms with Gasteiger partial charge in [0, 0.05) is 35.6 Å². The van der Waals surface area contributed by atoms with E-state index in [0.717, 1.165) is 24.2 Å². The molecule has 2 N–H and O–H groups in total. The summed E-state index contributed by atoms with van der Waals surface area (Å²) < 4.78 is 25.3. The van der Waals surface area contributed by atoms with E-state index < -0.39 is 11.4 Å². The van der Waals surface area contributed by atoms with Crippen molar-refractivity contribution < 1.29 is 23.8 Å². The van der Waals surface area contributed by atoms with Crippen LogP contribution in [-0.4, -0.2) is 53.9 Å². The van der Waals surface area contributed by atoms with E-state index in [4.69, 9.17) is 9.47 Å². The molecule has 0 bridgehead atoms. The van der Waals surface area contributed by atoms with Crippen molar-refractivity contribution in [3.8, 4) is 0 Å². The Labute approximate surface area is 189 Å². The molecule has 168 valence electrons. The van der Waals surface area contributed by atoms with Gasteiger partial charge in [0.05, 0.1) is 30.6 Å². The highest BCUT2D eigenvalue weighted by atomic mass is 32.1. The molecule has 0 radical (unpaired) electrons. The summed E-state index contributed by atoms with van der Waals surface area (Å²) in [6.45, 7) is 6.98. The lowest BCUT2D eigenvalue weighted by Crippen LogP contribution is -2.43. The number of nitrogens with zero attached hydrogens (tertiary/aromatic N) is 1. The summed E-state index contributed by atoms with van der Waals surface area (Å²) in [6.07, 6.45) is 1.80. The molecule has 1 amide bonds. The van der Waals surface area contributed by atoms with Gasteiger partial charge in [-0.05, 0) is 55.1 Å². The molecule has 32 heavy (non-hydrogen) atoms. The average molecular weight is 457 g/mol. The van der Waals surface area contributed by atoms with Gasteiger partial charge < -0.3 is 19.9 Å². The number of aliphatic hydroxyl groups excluding tert-OH is 1. The molecule has 0 saturated carbocycles. The summed E-state index contributed by atoms with van der Waals surface area (Å²) in [7, 11) is 0. The van der Waals surface area contributed by atoms with Gasteiger partial charge in [0.2, 0.25) is 0 Å². The Morgan fingerprint density at radius 3 is 3.00 bits per heavy atom. The van der Waals surface area contributed by atoms with Crippen LogP contribution in [-0.2, 0) is 20.8 Å². The minimum absolute atomic E-state index is 0.0331. The van der Waals surface area contributed by atoms with Crippen molar-refractivity contribution >= 4 is 34.1 Å². The first kappa shape index (κ1) is 21.3. The Balaban J connectivity index is 1.43. The summed E-state index contributed by atoms with van der Waals surface area (Å²) in [5.74, 6) is -0.180. The third-order valence-electron chi connectivity index (χ3n) is 6.03. The molecule has 5 rings (SSSR count). The molecule has 0 spiro atoms. The quantitative estimate of drug-likeness (QED) is 0.688. The number of benzene rings is 1. The van der Waals surface area contributed by atoms with E-state index in [1.54, 1.807) is 17.4 Å². The second kappa shape index (κ2) is 8.12. The number of fused-ring (bicyclic) bond motifs is 1. The second-order valence-electron chi connectivity index (χ2n) is 8.77. The van der Waals surface area contributed by atoms with Gasteiger partial charge in [0.25, 0.3) is 5.91 Å². The van der Waals surface area contributed by atoms with E-state index in [1.165, 1.54) is 17.0 Å². The van der Waals surface area contributed by atoms with Gasteiger partial charge in [0.1, 0.15) is 17.2 Å². The van der Waals surface area contributed by atoms with E-state index in [2.05, 4.69) is 21.7 Å². The van der Waals surface area contributed by atoms with Gasteiger partial charge in [-0.3, -0.25) is 9.69 Å². The normalized spacial score (nSPS) is 24.8. The Morgan fingerprint density at radius 2 is 2.19 bits per heavy atom. The fourth-order valence-corrected chi connectivity index (χ4v) is 5.39. The number of amides is 1. The second-order valence-corrected chi connectivity index (χ2v) is 9.76. The molecule has 2 aromatic rings. The number of halogens is 1. The van der Waals surface area contributed by atoms with Crippen molar-refractivity contribution in [3.05, 3.63) is 63.3 Å². The van der Waals surface area contributed by atoms with Gasteiger partial charge in [-0.15, -0.1) is 11.3 Å². The number of rotatable bonds is 4. The predicted molar refractivity (Wildman–Crippen MR) is 122 cm³/mol. The molecule has 3 aliphatic heterocycles. The number of carbonyl (C=O) groups excluding carboxylic acids is 1. The summed E-state index contributed by atoms with van der Waals surface area (Å²) >= 11 is 1.69. The van der Waals surface area contributed by atoms with E-state index in [9.17, 15) is 14.3 Å². The fraction of sp³-hybridized carbons (Fsp3) is 0.375. The highest BCUT2D eigenvalue weighted by Crippen LogP contribution is 2.45. The monoisotopic (exact) mass is 456 g/mol. The van der Waals surface area contributed by atoms with Crippen LogP contribution in [0.3, 0.4) is 0 Å². The highest BCUT2D eigenvalue weighted by molar-refractivity contribution is 7.10. The van der Waals surface area contributed by atoms with Gasteiger partial charge in [-0.2, -0.15) is 0 Å². The number of anilines is 1. The van der Waals surface area contributed by atoms with Crippen LogP contribution in [0.4, 0.5) is 10.1 Å². The maximum Gasteiger partial charge on any atom is 0.260 e. The molecule has 6 nitrogen and oxygen atoms in total. The number of hydrogen-bond donors (Lipinski definition) is 2. The number of allylic oxidation sites excluding steroid dienone is 1. The van der Waals surface area contributed by atoms with Crippen LogP contribution in [0.5, 0.6) is 0 Å². The Hall–Kier alpha value is -2.52. The topological polar surface area (TPSA) is 71.0 Å². The Bertz CT molecular complexity index is 1140. The number of morpholine rings is 1. The van der Waals surface area contributed by atoms with Gasteiger partial charge >= 0.3 is 0 Å². The van der Waals surface area contributed by atoms with Crippen LogP contribution in [0, 0.1) is 5.82 Å². The largest absolute Gasteiger partial charge is 0.482 e. The lowest BCUT2D eigenvalue weighted by atomic mass is 9.94. The summed E-state index contributed by atoms with van der Waals surface area (Å²) in [5.41, 5.74) is 3.00. The van der Waals surface area contributed by atoms with Gasteiger partial charge in [0.15, 0.2) is 0 Å². The third kappa shape index (κ3) is 3.88. The zero-order valence-corrected chi connectivity index (χ0v) is 18.8. The van der Waals surface area contributed by atoms with Crippen molar-refractivity contribution in [1.29, 1.82) is 0 Å². The maximum absolute atomic E-state index is 13.6. The summed E-state index contributed by atoms with van der Waals surface area (Å²) in [5, 5.41) is 14.2. The number of thiophene rings is 1. The van der Waals surface area contributed by atoms with Crippen molar-refractivity contribution in [2.24, 2.45) is 0 Å². The van der Waals surface area contributed by atoms with E-state index in [-0.39, 0.29) is 18.6 Å². The SMILES string of the molecule is CC1(C)O/C(=C2/C(=O)Nc3cc(F)ccc32)C=C1c1csc(CN2CCOC(CO)C2)c1. The lowest BCUT2D eigenvalue weighted by Gasteiger charge is -2.31. The average Bonchev–Trinajstić information content (AvgIpc) is 3.42. The number of carbonyl (C=O) groups is 1. The number of nitrogens with one attached hydrogen (secondary N) is 1. The van der Waals surface area contributed by atoms with Crippen LogP contribution in [0.1, 0.15) is 29.9 Å². The van der Waals surface area contributed by atoms with Crippen LogP contribution < -0.4 is 5.32 Å². The molecule has 1 fully saturated rings. The molecule has 1 atom stereocenters. The molecule has 8 heteroatoms. The minimum atomic E-state index is -0.606. The molecule has 1 unspecified atom stereocenters. The first-order valence-corrected chi connectivity index (χ1v) is 11.5. The molecule has 4 heterocycles. The molecule has 1 aromatic carbocycles. The number of ether oxygens (including phenoxy) is 2. The molecule has 0 aliphatic carbocycles. The standard InChI is InChI=1S/C24H25FN2O4S/c1-24(2)19(14-7-17(32-13-14)11-27-5-6-30-16(10-27)12-28)9-21(31-24)22-18-4-3-15(25)8-20(18)26-23(22)29/h3-4,7-9,13,16,28H,5-6,10-12H2,1-2H3,(H,26,29)/b22-21+. The van der Waals surface area contributed by atoms with E-state index in [1.807, 2.05) is 19.9 Å². The fourth-order valence-electron chi connectivity index (χ4n) is 4.47. The Morgan fingerprint density at radius 1 is 1.34 bits per heavy atom. The van der Waals surface area contributed by atoms with Crippen LogP contribution in [0.25, 0.3) is 11.1 Å². The van der Waals surface area contributed by atoms with Crippen LogP contribution >= 0.6 is 11.3 Å². The van der Waals surface area contributed by atoms with Gasteiger partial charge in [-0.1, -0.05) is 0 Å². The Kier molecular flexibility index (Phi) is 5.41. The number of hydrogen-bond acceptors (Lipinski definition) is 6. The van der Waals surface area contributed by atoms with E-state index in [0.29, 0.717) is 35.7 Å². The molecule has 1 saturated heterocycles. The predicted octanol–water partition coefficient (Wildman–Crippen LogP) is 3.64. The van der Waals surface area contributed by atoms with Crippen LogP contribution in [0.2, 0.25) is 0 Å². The van der Waals surface area contributed by atoms with Crippen molar-refractivity contribution in [1.82, 2.24) is 4.90 Å². The highest BCUT2D eigenvalue weighted by Gasteiger charge is 2.38. The summed E-state index contributed by atoms with van der Waals surface area (Å²) in [6, 6.07) is 6.45. The molecule has 1 aromatic heterocycles. The van der Waals surface area contributed by atoms with Crippen molar-refractivity contribution in [3.63, 3.8) is 0 Å². The minimum Gasteiger partial charge on any atom is -0.482 e. The maximum atomic E-state index is 13.6. The van der Waals surface area contributed by atoms with Crippen molar-refractivity contribution in [2.75, 3.05) is 31.6 Å². The van der Waals surface area contributed by atoms with Gasteiger partial charge in [-0.25, -0.2) is 4.39 Å².